The molecule has 3 aromatic rings. The van der Waals surface area contributed by atoms with Gasteiger partial charge in [0, 0.05) is 23.4 Å². The topological polar surface area (TPSA) is 49.8 Å². The molecule has 1 aliphatic carbocycles. The van der Waals surface area contributed by atoms with Crippen LogP contribution < -0.4 is 10.6 Å². The lowest BCUT2D eigenvalue weighted by atomic mass is 10.1. The second kappa shape index (κ2) is 6.32. The van der Waals surface area contributed by atoms with E-state index >= 15 is 0 Å². The zero-order valence-electron chi connectivity index (χ0n) is 13.7. The molecular formula is C20H20N4. The Morgan fingerprint density at radius 3 is 2.42 bits per heavy atom. The van der Waals surface area contributed by atoms with Crippen molar-refractivity contribution in [1.82, 2.24) is 9.97 Å². The van der Waals surface area contributed by atoms with Crippen molar-refractivity contribution < 1.29 is 0 Å². The SMILES string of the molecule is Cc1ccccc1Nc1nc(NC2CC2)cc(-c2ccccc2)n1. The van der Waals surface area contributed by atoms with E-state index in [0.717, 1.165) is 22.8 Å². The number of hydrogen-bond acceptors (Lipinski definition) is 4. The molecule has 4 rings (SSSR count). The molecule has 1 aliphatic rings. The maximum Gasteiger partial charge on any atom is 0.229 e. The summed E-state index contributed by atoms with van der Waals surface area (Å²) in [6, 6.07) is 20.9. The van der Waals surface area contributed by atoms with Crippen molar-refractivity contribution in [3.8, 4) is 11.3 Å². The molecule has 2 N–H and O–H groups in total. The number of aromatic nitrogens is 2. The van der Waals surface area contributed by atoms with Crippen molar-refractivity contribution in [2.75, 3.05) is 10.6 Å². The van der Waals surface area contributed by atoms with Gasteiger partial charge in [0.15, 0.2) is 0 Å². The van der Waals surface area contributed by atoms with Gasteiger partial charge >= 0.3 is 0 Å². The van der Waals surface area contributed by atoms with Crippen LogP contribution in [-0.4, -0.2) is 16.0 Å². The highest BCUT2D eigenvalue weighted by Crippen LogP contribution is 2.28. The Hall–Kier alpha value is -2.88. The molecule has 0 saturated heterocycles. The van der Waals surface area contributed by atoms with Crippen LogP contribution in [-0.2, 0) is 0 Å². The molecule has 0 radical (unpaired) electrons. The highest BCUT2D eigenvalue weighted by Gasteiger charge is 2.22. The molecule has 0 atom stereocenters. The van der Waals surface area contributed by atoms with Crippen molar-refractivity contribution in [2.24, 2.45) is 0 Å². The zero-order chi connectivity index (χ0) is 16.4. The van der Waals surface area contributed by atoms with Crippen LogP contribution in [0, 0.1) is 6.92 Å². The molecule has 1 aromatic heterocycles. The smallest absolute Gasteiger partial charge is 0.229 e. The standard InChI is InChI=1S/C20H20N4/c1-14-7-5-6-10-17(14)22-20-23-18(15-8-3-2-4-9-15)13-19(24-20)21-16-11-12-16/h2-10,13,16H,11-12H2,1H3,(H2,21,22,23,24). The van der Waals surface area contributed by atoms with Crippen LogP contribution in [0.1, 0.15) is 18.4 Å². The summed E-state index contributed by atoms with van der Waals surface area (Å²) in [6.45, 7) is 2.08. The first-order valence-electron chi connectivity index (χ1n) is 8.31. The van der Waals surface area contributed by atoms with Crippen LogP contribution in [0.2, 0.25) is 0 Å². The summed E-state index contributed by atoms with van der Waals surface area (Å²) in [6.07, 6.45) is 2.43. The van der Waals surface area contributed by atoms with Gasteiger partial charge in [-0.2, -0.15) is 4.98 Å². The van der Waals surface area contributed by atoms with Crippen molar-refractivity contribution in [3.63, 3.8) is 0 Å². The Kier molecular flexibility index (Phi) is 3.87. The van der Waals surface area contributed by atoms with Crippen molar-refractivity contribution in [3.05, 3.63) is 66.2 Å². The number of para-hydroxylation sites is 1. The maximum atomic E-state index is 4.71. The summed E-state index contributed by atoms with van der Waals surface area (Å²) in [7, 11) is 0. The van der Waals surface area contributed by atoms with Gasteiger partial charge in [0.2, 0.25) is 5.95 Å². The molecular weight excluding hydrogens is 296 g/mol. The second-order valence-corrected chi connectivity index (χ2v) is 6.19. The summed E-state index contributed by atoms with van der Waals surface area (Å²) >= 11 is 0. The molecule has 0 amide bonds. The number of anilines is 3. The highest BCUT2D eigenvalue weighted by molar-refractivity contribution is 5.67. The van der Waals surface area contributed by atoms with Gasteiger partial charge in [-0.3, -0.25) is 0 Å². The summed E-state index contributed by atoms with van der Waals surface area (Å²) < 4.78 is 0. The van der Waals surface area contributed by atoms with Crippen LogP contribution in [0.25, 0.3) is 11.3 Å². The summed E-state index contributed by atoms with van der Waals surface area (Å²) in [4.78, 5) is 9.35. The monoisotopic (exact) mass is 316 g/mol. The Balaban J connectivity index is 1.71. The molecule has 0 aliphatic heterocycles. The molecule has 0 spiro atoms. The molecule has 120 valence electrons. The molecule has 24 heavy (non-hydrogen) atoms. The summed E-state index contributed by atoms with van der Waals surface area (Å²) in [5, 5.41) is 6.83. The quantitative estimate of drug-likeness (QED) is 0.712. The van der Waals surface area contributed by atoms with Gasteiger partial charge in [-0.1, -0.05) is 48.5 Å². The molecule has 1 saturated carbocycles. The van der Waals surface area contributed by atoms with Gasteiger partial charge in [0.05, 0.1) is 5.69 Å². The number of hydrogen-bond donors (Lipinski definition) is 2. The molecule has 0 unspecified atom stereocenters. The highest BCUT2D eigenvalue weighted by atomic mass is 15.2. The minimum atomic E-state index is 0.551. The fourth-order valence-corrected chi connectivity index (χ4v) is 2.60. The van der Waals surface area contributed by atoms with E-state index in [1.807, 2.05) is 42.5 Å². The van der Waals surface area contributed by atoms with Gasteiger partial charge in [0.25, 0.3) is 0 Å². The Bertz CT molecular complexity index is 841. The van der Waals surface area contributed by atoms with E-state index in [9.17, 15) is 0 Å². The van der Waals surface area contributed by atoms with E-state index in [2.05, 4.69) is 40.7 Å². The molecule has 1 heterocycles. The van der Waals surface area contributed by atoms with Gasteiger partial charge in [-0.15, -0.1) is 0 Å². The van der Waals surface area contributed by atoms with Gasteiger partial charge in [-0.25, -0.2) is 4.98 Å². The largest absolute Gasteiger partial charge is 0.367 e. The molecule has 4 nitrogen and oxygen atoms in total. The lowest BCUT2D eigenvalue weighted by Gasteiger charge is -2.12. The average Bonchev–Trinajstić information content (AvgIpc) is 3.42. The number of nitrogens with zero attached hydrogens (tertiary/aromatic N) is 2. The normalized spacial score (nSPS) is 13.5. The third-order valence-corrected chi connectivity index (χ3v) is 4.12. The molecule has 0 bridgehead atoms. The Morgan fingerprint density at radius 2 is 1.67 bits per heavy atom. The maximum absolute atomic E-state index is 4.71. The van der Waals surface area contributed by atoms with Crippen LogP contribution in [0.5, 0.6) is 0 Å². The van der Waals surface area contributed by atoms with E-state index in [4.69, 9.17) is 4.98 Å². The molecule has 4 heteroatoms. The van der Waals surface area contributed by atoms with Crippen LogP contribution in [0.15, 0.2) is 60.7 Å². The van der Waals surface area contributed by atoms with E-state index in [1.165, 1.54) is 18.4 Å². The van der Waals surface area contributed by atoms with Crippen molar-refractivity contribution in [2.45, 2.75) is 25.8 Å². The summed E-state index contributed by atoms with van der Waals surface area (Å²) in [5.74, 6) is 1.50. The lowest BCUT2D eigenvalue weighted by Crippen LogP contribution is -2.07. The first-order valence-corrected chi connectivity index (χ1v) is 8.31. The fraction of sp³-hybridized carbons (Fsp3) is 0.200. The third-order valence-electron chi connectivity index (χ3n) is 4.12. The first-order chi connectivity index (χ1) is 11.8. The molecule has 2 aromatic carbocycles. The molecule has 1 fully saturated rings. The van der Waals surface area contributed by atoms with E-state index in [1.54, 1.807) is 0 Å². The average molecular weight is 316 g/mol. The van der Waals surface area contributed by atoms with Crippen LogP contribution in [0.3, 0.4) is 0 Å². The summed E-state index contributed by atoms with van der Waals surface area (Å²) in [5.41, 5.74) is 4.21. The minimum absolute atomic E-state index is 0.551. The minimum Gasteiger partial charge on any atom is -0.367 e. The Labute approximate surface area is 142 Å². The van der Waals surface area contributed by atoms with Crippen LogP contribution >= 0.6 is 0 Å². The van der Waals surface area contributed by atoms with Gasteiger partial charge < -0.3 is 10.6 Å². The Morgan fingerprint density at radius 1 is 0.917 bits per heavy atom. The van der Waals surface area contributed by atoms with E-state index in [-0.39, 0.29) is 0 Å². The zero-order valence-corrected chi connectivity index (χ0v) is 13.7. The lowest BCUT2D eigenvalue weighted by molar-refractivity contribution is 1.08. The first kappa shape index (κ1) is 14.7. The second-order valence-electron chi connectivity index (χ2n) is 6.19. The predicted octanol–water partition coefficient (Wildman–Crippen LogP) is 4.77. The van der Waals surface area contributed by atoms with E-state index < -0.39 is 0 Å². The third kappa shape index (κ3) is 3.38. The van der Waals surface area contributed by atoms with Crippen LogP contribution in [0.4, 0.5) is 17.5 Å². The van der Waals surface area contributed by atoms with Gasteiger partial charge in [0.1, 0.15) is 5.82 Å². The van der Waals surface area contributed by atoms with E-state index in [0.29, 0.717) is 12.0 Å². The number of benzene rings is 2. The number of aryl methyl sites for hydroxylation is 1. The fourth-order valence-electron chi connectivity index (χ4n) is 2.60. The number of rotatable bonds is 5. The van der Waals surface area contributed by atoms with Crippen molar-refractivity contribution >= 4 is 17.5 Å². The van der Waals surface area contributed by atoms with Crippen molar-refractivity contribution in [1.29, 1.82) is 0 Å². The van der Waals surface area contributed by atoms with Gasteiger partial charge in [-0.05, 0) is 31.4 Å². The predicted molar refractivity (Wildman–Crippen MR) is 98.6 cm³/mol. The number of nitrogens with one attached hydrogen (secondary N) is 2.